The van der Waals surface area contributed by atoms with Crippen molar-refractivity contribution >= 4 is 66.7 Å². The molecular weight excluding hydrogens is 647 g/mol. The summed E-state index contributed by atoms with van der Waals surface area (Å²) in [5.41, 5.74) is 1.73. The molecule has 3 aromatic heterocycles. The molecule has 1 amide bonds. The number of hydrogen-bond acceptors (Lipinski definition) is 9. The molecule has 0 saturated carbocycles. The number of anilines is 3. The number of morpholine rings is 1. The lowest BCUT2D eigenvalue weighted by Gasteiger charge is -2.26. The second-order valence-corrected chi connectivity index (χ2v) is 12.8. The van der Waals surface area contributed by atoms with Crippen molar-refractivity contribution in [1.82, 2.24) is 29.6 Å². The van der Waals surface area contributed by atoms with Gasteiger partial charge in [-0.3, -0.25) is 9.52 Å². The first-order valence-corrected chi connectivity index (χ1v) is 16.4. The molecule has 0 bridgehead atoms. The first-order valence-electron chi connectivity index (χ1n) is 14.5. The zero-order chi connectivity index (χ0) is 32.7. The van der Waals surface area contributed by atoms with E-state index in [1.165, 1.54) is 36.7 Å². The van der Waals surface area contributed by atoms with Crippen LogP contribution in [0, 0.1) is 12.7 Å². The summed E-state index contributed by atoms with van der Waals surface area (Å²) in [5.74, 6) is -0.511. The topological polar surface area (TPSA) is 144 Å². The number of carbonyl (C=O) groups excluding carboxylic acids is 1. The van der Waals surface area contributed by atoms with Crippen molar-refractivity contribution in [2.24, 2.45) is 0 Å². The van der Waals surface area contributed by atoms with Gasteiger partial charge < -0.3 is 15.0 Å². The number of nitrogens with zero attached hydrogens (tertiary/aromatic N) is 6. The predicted molar refractivity (Wildman–Crippen MR) is 175 cm³/mol. The summed E-state index contributed by atoms with van der Waals surface area (Å²) in [6, 6.07) is 19.5. The number of carbonyl (C=O) groups is 1. The van der Waals surface area contributed by atoms with E-state index in [0.717, 1.165) is 0 Å². The van der Waals surface area contributed by atoms with Gasteiger partial charge in [-0.1, -0.05) is 41.9 Å². The summed E-state index contributed by atoms with van der Waals surface area (Å²) in [7, 11) is -4.16. The molecule has 0 unspecified atom stereocenters. The maximum atomic E-state index is 15.8. The number of pyridine rings is 1. The van der Waals surface area contributed by atoms with Crippen LogP contribution >= 0.6 is 11.6 Å². The molecule has 0 radical (unpaired) electrons. The molecular formula is C32H26ClFN8O4S. The van der Waals surface area contributed by atoms with Crippen LogP contribution in [-0.4, -0.2) is 70.3 Å². The largest absolute Gasteiger partial charge is 0.378 e. The molecule has 7 rings (SSSR count). The number of sulfonamides is 1. The van der Waals surface area contributed by atoms with Crippen LogP contribution in [0.2, 0.25) is 5.02 Å². The Kier molecular flexibility index (Phi) is 7.91. The Balaban J connectivity index is 1.24. The van der Waals surface area contributed by atoms with Crippen LogP contribution in [0.15, 0.2) is 84.0 Å². The van der Waals surface area contributed by atoms with Gasteiger partial charge in [0.15, 0.2) is 23.1 Å². The second-order valence-electron chi connectivity index (χ2n) is 10.7. The van der Waals surface area contributed by atoms with Gasteiger partial charge in [0.25, 0.3) is 15.9 Å². The Labute approximate surface area is 273 Å². The summed E-state index contributed by atoms with van der Waals surface area (Å²) in [6.07, 6.45) is 1.31. The molecule has 1 aliphatic heterocycles. The van der Waals surface area contributed by atoms with Crippen molar-refractivity contribution in [3.05, 3.63) is 101 Å². The number of para-hydroxylation sites is 1. The molecule has 4 heterocycles. The maximum Gasteiger partial charge on any atom is 0.275 e. The number of ether oxygens (including phenoxy) is 1. The molecule has 15 heteroatoms. The van der Waals surface area contributed by atoms with Crippen molar-refractivity contribution < 1.29 is 22.3 Å². The van der Waals surface area contributed by atoms with Gasteiger partial charge in [-0.25, -0.2) is 32.4 Å². The fraction of sp³-hybridized carbons (Fsp3) is 0.156. The Bertz CT molecular complexity index is 2290. The van der Waals surface area contributed by atoms with Crippen molar-refractivity contribution in [3.8, 4) is 5.82 Å². The summed E-state index contributed by atoms with van der Waals surface area (Å²) >= 11 is 6.12. The smallest absolute Gasteiger partial charge is 0.275 e. The van der Waals surface area contributed by atoms with Gasteiger partial charge >= 0.3 is 0 Å². The van der Waals surface area contributed by atoms with Gasteiger partial charge in [0, 0.05) is 23.5 Å². The average Bonchev–Trinajstić information content (AvgIpc) is 3.47. The van der Waals surface area contributed by atoms with Crippen LogP contribution in [0.1, 0.15) is 16.1 Å². The second kappa shape index (κ2) is 12.2. The normalized spacial score (nSPS) is 13.6. The Hall–Kier alpha value is -5.18. The number of amides is 1. The van der Waals surface area contributed by atoms with E-state index in [9.17, 15) is 13.2 Å². The molecule has 0 aliphatic carbocycles. The van der Waals surface area contributed by atoms with E-state index in [0.29, 0.717) is 65.3 Å². The van der Waals surface area contributed by atoms with E-state index in [1.807, 2.05) is 24.3 Å². The van der Waals surface area contributed by atoms with E-state index in [1.54, 1.807) is 34.7 Å². The van der Waals surface area contributed by atoms with Gasteiger partial charge in [0.1, 0.15) is 11.8 Å². The van der Waals surface area contributed by atoms with E-state index < -0.39 is 15.8 Å². The summed E-state index contributed by atoms with van der Waals surface area (Å²) in [4.78, 5) is 28.5. The third-order valence-corrected chi connectivity index (χ3v) is 9.70. The lowest BCUT2D eigenvalue weighted by atomic mass is 10.2. The molecule has 1 aliphatic rings. The molecule has 2 N–H and O–H groups in total. The van der Waals surface area contributed by atoms with Gasteiger partial charge in [-0.2, -0.15) is 5.10 Å². The van der Waals surface area contributed by atoms with E-state index >= 15 is 4.39 Å². The van der Waals surface area contributed by atoms with Crippen LogP contribution < -0.4 is 10.0 Å². The van der Waals surface area contributed by atoms with Gasteiger partial charge in [-0.05, 0) is 55.0 Å². The van der Waals surface area contributed by atoms with Crippen LogP contribution in [0.4, 0.5) is 21.6 Å². The Morgan fingerprint density at radius 2 is 1.72 bits per heavy atom. The minimum absolute atomic E-state index is 0.0526. The molecule has 12 nitrogen and oxygen atoms in total. The SMILES string of the molecule is Cc1c(Cl)cccc1S(=O)(=O)Nc1cccc(Nc2ncnc3ccc(-n4nc(C(=O)N5CCOCC5)c5ccccc54)nc23)c1F. The fourth-order valence-corrected chi connectivity index (χ4v) is 6.93. The lowest BCUT2D eigenvalue weighted by Crippen LogP contribution is -2.41. The lowest BCUT2D eigenvalue weighted by molar-refractivity contribution is 0.0300. The Morgan fingerprint density at radius 1 is 0.957 bits per heavy atom. The standard InChI is InChI=1S/C32H26ClFN8O4S/c1-19-21(33)7-4-11-26(19)47(44,45)40-23-9-5-8-22(28(23)34)37-31-30-24(35-18-36-31)12-13-27(38-30)42-25-10-3-2-6-20(25)29(39-42)32(43)41-14-16-46-17-15-41/h2-13,18,40H,14-17H2,1H3,(H,35,36,37). The first kappa shape index (κ1) is 30.5. The Morgan fingerprint density at radius 3 is 2.55 bits per heavy atom. The van der Waals surface area contributed by atoms with Crippen LogP contribution in [0.5, 0.6) is 0 Å². The van der Waals surface area contributed by atoms with Crippen LogP contribution in [0.3, 0.4) is 0 Å². The molecule has 238 valence electrons. The van der Waals surface area contributed by atoms with Crippen LogP contribution in [0.25, 0.3) is 27.8 Å². The summed E-state index contributed by atoms with van der Waals surface area (Å²) in [6.45, 7) is 3.44. The number of halogens is 2. The quantitative estimate of drug-likeness (QED) is 0.225. The molecule has 1 fully saturated rings. The number of nitrogens with one attached hydrogen (secondary N) is 2. The molecule has 0 spiro atoms. The van der Waals surface area contributed by atoms with E-state index in [-0.39, 0.29) is 33.0 Å². The zero-order valence-corrected chi connectivity index (χ0v) is 26.4. The number of aromatic nitrogens is 5. The minimum Gasteiger partial charge on any atom is -0.378 e. The molecule has 0 atom stereocenters. The van der Waals surface area contributed by atoms with Crippen molar-refractivity contribution in [3.63, 3.8) is 0 Å². The van der Waals surface area contributed by atoms with Crippen LogP contribution in [-0.2, 0) is 14.8 Å². The third kappa shape index (κ3) is 5.71. The highest BCUT2D eigenvalue weighted by Crippen LogP contribution is 2.31. The highest BCUT2D eigenvalue weighted by atomic mass is 35.5. The number of fused-ring (bicyclic) bond motifs is 2. The van der Waals surface area contributed by atoms with E-state index in [4.69, 9.17) is 21.3 Å². The molecule has 47 heavy (non-hydrogen) atoms. The molecule has 3 aromatic carbocycles. The van der Waals surface area contributed by atoms with Gasteiger partial charge in [0.05, 0.1) is 40.5 Å². The average molecular weight is 673 g/mol. The fourth-order valence-electron chi connectivity index (χ4n) is 5.37. The van der Waals surface area contributed by atoms with Crippen molar-refractivity contribution in [2.45, 2.75) is 11.8 Å². The molecule has 1 saturated heterocycles. The van der Waals surface area contributed by atoms with Crippen molar-refractivity contribution in [2.75, 3.05) is 36.3 Å². The summed E-state index contributed by atoms with van der Waals surface area (Å²) in [5, 5.41) is 8.56. The molecule has 6 aromatic rings. The zero-order valence-electron chi connectivity index (χ0n) is 24.8. The monoisotopic (exact) mass is 672 g/mol. The summed E-state index contributed by atoms with van der Waals surface area (Å²) < 4.78 is 51.4. The maximum absolute atomic E-state index is 15.8. The van der Waals surface area contributed by atoms with Crippen molar-refractivity contribution in [1.29, 1.82) is 0 Å². The first-order chi connectivity index (χ1) is 22.7. The third-order valence-electron chi connectivity index (χ3n) is 7.78. The number of hydrogen-bond donors (Lipinski definition) is 2. The highest BCUT2D eigenvalue weighted by molar-refractivity contribution is 7.92. The number of benzene rings is 3. The number of rotatable bonds is 7. The van der Waals surface area contributed by atoms with Gasteiger partial charge in [-0.15, -0.1) is 0 Å². The minimum atomic E-state index is -4.16. The predicted octanol–water partition coefficient (Wildman–Crippen LogP) is 5.48. The van der Waals surface area contributed by atoms with Gasteiger partial charge in [0.2, 0.25) is 0 Å². The van der Waals surface area contributed by atoms with E-state index in [2.05, 4.69) is 25.1 Å². The highest BCUT2D eigenvalue weighted by Gasteiger charge is 2.25.